The van der Waals surface area contributed by atoms with Crippen LogP contribution in [0.15, 0.2) is 71.9 Å². The van der Waals surface area contributed by atoms with Crippen molar-refractivity contribution in [3.8, 4) is 12.3 Å². The second-order valence-corrected chi connectivity index (χ2v) is 7.86. The Morgan fingerprint density at radius 2 is 1.77 bits per heavy atom. The summed E-state index contributed by atoms with van der Waals surface area (Å²) in [4.78, 5) is 38.0. The number of fused-ring (bicyclic) bond motifs is 1. The van der Waals surface area contributed by atoms with Crippen molar-refractivity contribution in [1.29, 1.82) is 0 Å². The molecule has 2 aromatic rings. The Hall–Kier alpha value is -3.50. The summed E-state index contributed by atoms with van der Waals surface area (Å²) in [6, 6.07) is 18.1. The Morgan fingerprint density at radius 3 is 2.30 bits per heavy atom. The molecule has 0 saturated carbocycles. The van der Waals surface area contributed by atoms with Crippen LogP contribution in [0.1, 0.15) is 17.2 Å². The first-order valence-electron chi connectivity index (χ1n) is 9.30. The van der Waals surface area contributed by atoms with Crippen molar-refractivity contribution in [1.82, 2.24) is 10.2 Å². The van der Waals surface area contributed by atoms with E-state index in [1.165, 1.54) is 16.7 Å². The van der Waals surface area contributed by atoms with Crippen LogP contribution >= 0.6 is 11.8 Å². The highest BCUT2D eigenvalue weighted by Gasteiger charge is 2.54. The van der Waals surface area contributed by atoms with Gasteiger partial charge in [-0.1, -0.05) is 66.6 Å². The van der Waals surface area contributed by atoms with E-state index >= 15 is 0 Å². The maximum absolute atomic E-state index is 13.3. The number of benzene rings is 2. The molecule has 0 aromatic heterocycles. The fourth-order valence-corrected chi connectivity index (χ4v) is 4.86. The maximum Gasteiger partial charge on any atom is 0.357 e. The molecule has 1 saturated heterocycles. The second-order valence-electron chi connectivity index (χ2n) is 6.75. The second kappa shape index (κ2) is 8.47. The standard InChI is InChI=1S/C23H18N2O4S/c1-2-15-13-30-22-18(24-14-26)21(27)25(22)19(15)23(28)29-20(16-9-5-3-6-10-16)17-11-7-4-8-12-17/h1,3-12,14,18,20,22H,13H2,(H,24,26)/t18?,22-/m1/s1. The van der Waals surface area contributed by atoms with Crippen molar-refractivity contribution in [3.63, 3.8) is 0 Å². The summed E-state index contributed by atoms with van der Waals surface area (Å²) in [6.45, 7) is 0. The molecule has 30 heavy (non-hydrogen) atoms. The van der Waals surface area contributed by atoms with E-state index in [1.54, 1.807) is 0 Å². The monoisotopic (exact) mass is 418 g/mol. The largest absolute Gasteiger partial charge is 0.448 e. The Morgan fingerprint density at radius 1 is 1.17 bits per heavy atom. The highest BCUT2D eigenvalue weighted by molar-refractivity contribution is 8.00. The predicted molar refractivity (Wildman–Crippen MR) is 113 cm³/mol. The molecule has 2 aromatic carbocycles. The molecule has 0 bridgehead atoms. The van der Waals surface area contributed by atoms with E-state index in [0.29, 0.717) is 17.7 Å². The van der Waals surface area contributed by atoms with Gasteiger partial charge in [0.05, 0.1) is 0 Å². The van der Waals surface area contributed by atoms with Crippen molar-refractivity contribution < 1.29 is 19.1 Å². The van der Waals surface area contributed by atoms with Gasteiger partial charge < -0.3 is 10.1 Å². The lowest BCUT2D eigenvalue weighted by atomic mass is 10.0. The first-order valence-corrected chi connectivity index (χ1v) is 10.4. The molecule has 6 nitrogen and oxygen atoms in total. The lowest BCUT2D eigenvalue weighted by Crippen LogP contribution is -2.69. The zero-order valence-electron chi connectivity index (χ0n) is 15.9. The fraction of sp³-hybridized carbons (Fsp3) is 0.174. The molecule has 2 atom stereocenters. The van der Waals surface area contributed by atoms with Crippen molar-refractivity contribution in [2.24, 2.45) is 0 Å². The van der Waals surface area contributed by atoms with Gasteiger partial charge in [-0.05, 0) is 11.1 Å². The third-order valence-electron chi connectivity index (χ3n) is 5.01. The van der Waals surface area contributed by atoms with Crippen molar-refractivity contribution in [2.45, 2.75) is 17.5 Å². The number of β-lactam (4-membered cyclic amide) rings is 1. The molecule has 150 valence electrons. The number of thioether (sulfide) groups is 1. The van der Waals surface area contributed by atoms with E-state index in [4.69, 9.17) is 11.2 Å². The summed E-state index contributed by atoms with van der Waals surface area (Å²) < 4.78 is 5.90. The number of esters is 1. The summed E-state index contributed by atoms with van der Waals surface area (Å²) in [6.07, 6.45) is 5.45. The highest BCUT2D eigenvalue weighted by Crippen LogP contribution is 2.41. The molecule has 4 rings (SSSR count). The van der Waals surface area contributed by atoms with Gasteiger partial charge in [0.1, 0.15) is 17.1 Å². The minimum atomic E-state index is -0.673. The quantitative estimate of drug-likeness (QED) is 0.337. The SMILES string of the molecule is C#CC1=C(C(=O)OC(c2ccccc2)c2ccccc2)N2C(=O)C(NC=O)[C@H]2SC1. The van der Waals surface area contributed by atoms with Crippen LogP contribution in [0.4, 0.5) is 0 Å². The van der Waals surface area contributed by atoms with Gasteiger partial charge in [-0.25, -0.2) is 4.79 Å². The molecular formula is C23H18N2O4S. The third kappa shape index (κ3) is 3.46. The van der Waals surface area contributed by atoms with Gasteiger partial charge >= 0.3 is 5.97 Å². The van der Waals surface area contributed by atoms with E-state index in [9.17, 15) is 14.4 Å². The van der Waals surface area contributed by atoms with Crippen LogP contribution in [0.3, 0.4) is 0 Å². The molecule has 0 aliphatic carbocycles. The summed E-state index contributed by atoms with van der Waals surface area (Å²) in [5.74, 6) is 1.85. The van der Waals surface area contributed by atoms with Crippen LogP contribution in [0.5, 0.6) is 0 Å². The molecule has 2 heterocycles. The number of hydrogen-bond donors (Lipinski definition) is 1. The van der Waals surface area contributed by atoms with Crippen LogP contribution in [0.25, 0.3) is 0 Å². The summed E-state index contributed by atoms with van der Waals surface area (Å²) >= 11 is 1.41. The van der Waals surface area contributed by atoms with Gasteiger partial charge in [0.25, 0.3) is 5.91 Å². The number of terminal acetylenes is 1. The number of carbonyl (C=O) groups excluding carboxylic acids is 3. The smallest absolute Gasteiger partial charge is 0.357 e. The molecular weight excluding hydrogens is 400 g/mol. The van der Waals surface area contributed by atoms with Gasteiger partial charge in [0.15, 0.2) is 6.10 Å². The van der Waals surface area contributed by atoms with E-state index in [0.717, 1.165) is 11.1 Å². The van der Waals surface area contributed by atoms with E-state index in [1.807, 2.05) is 60.7 Å². The normalized spacial score (nSPS) is 20.1. The van der Waals surface area contributed by atoms with Gasteiger partial charge in [-0.15, -0.1) is 18.2 Å². The first kappa shape index (κ1) is 19.8. The number of hydrogen-bond acceptors (Lipinski definition) is 5. The van der Waals surface area contributed by atoms with Gasteiger partial charge in [0.2, 0.25) is 6.41 Å². The Kier molecular flexibility index (Phi) is 5.59. The summed E-state index contributed by atoms with van der Waals surface area (Å²) in [7, 11) is 0. The first-order chi connectivity index (χ1) is 14.7. The number of ether oxygens (including phenoxy) is 1. The van der Waals surface area contributed by atoms with Crippen molar-refractivity contribution >= 4 is 30.0 Å². The molecule has 0 radical (unpaired) electrons. The summed E-state index contributed by atoms with van der Waals surface area (Å²) in [5, 5.41) is 2.12. The number of rotatable bonds is 6. The van der Waals surface area contributed by atoms with Crippen molar-refractivity contribution in [3.05, 3.63) is 83.1 Å². The van der Waals surface area contributed by atoms with Gasteiger partial charge in [0, 0.05) is 11.3 Å². The average Bonchev–Trinajstić information content (AvgIpc) is 2.80. The number of nitrogens with zero attached hydrogens (tertiary/aromatic N) is 1. The molecule has 1 N–H and O–H groups in total. The van der Waals surface area contributed by atoms with Crippen LogP contribution in [0, 0.1) is 12.3 Å². The van der Waals surface area contributed by atoms with Crippen LogP contribution < -0.4 is 5.32 Å². The Labute approximate surface area is 178 Å². The highest BCUT2D eigenvalue weighted by atomic mass is 32.2. The fourth-order valence-electron chi connectivity index (χ4n) is 3.56. The topological polar surface area (TPSA) is 75.7 Å². The molecule has 1 unspecified atom stereocenters. The lowest BCUT2D eigenvalue weighted by Gasteiger charge is -2.48. The molecule has 2 aliphatic heterocycles. The molecule has 2 amide bonds. The van der Waals surface area contributed by atoms with E-state index in [-0.39, 0.29) is 17.0 Å². The van der Waals surface area contributed by atoms with Crippen LogP contribution in [-0.2, 0) is 19.1 Å². The van der Waals surface area contributed by atoms with E-state index < -0.39 is 18.1 Å². The van der Waals surface area contributed by atoms with Crippen LogP contribution in [0.2, 0.25) is 0 Å². The minimum Gasteiger partial charge on any atom is -0.448 e. The number of carbonyl (C=O) groups is 3. The van der Waals surface area contributed by atoms with Crippen molar-refractivity contribution in [2.75, 3.05) is 5.75 Å². The minimum absolute atomic E-state index is 0.0760. The molecule has 7 heteroatoms. The van der Waals surface area contributed by atoms with Crippen LogP contribution in [-0.4, -0.2) is 40.4 Å². The lowest BCUT2D eigenvalue weighted by molar-refractivity contribution is -0.154. The van der Waals surface area contributed by atoms with Gasteiger partial charge in [-0.3, -0.25) is 14.5 Å². The maximum atomic E-state index is 13.3. The summed E-state index contributed by atoms with van der Waals surface area (Å²) in [5.41, 5.74) is 2.08. The Bertz CT molecular complexity index is 1010. The predicted octanol–water partition coefficient (Wildman–Crippen LogP) is 2.24. The number of nitrogens with one attached hydrogen (secondary N) is 1. The molecule has 0 spiro atoms. The molecule has 1 fully saturated rings. The third-order valence-corrected chi connectivity index (χ3v) is 6.29. The van der Waals surface area contributed by atoms with E-state index in [2.05, 4.69) is 11.2 Å². The average molecular weight is 418 g/mol. The molecule has 2 aliphatic rings. The number of amides is 2. The zero-order valence-corrected chi connectivity index (χ0v) is 16.7. The van der Waals surface area contributed by atoms with Gasteiger partial charge in [-0.2, -0.15) is 0 Å². The zero-order chi connectivity index (χ0) is 21.1. The Balaban J connectivity index is 1.66.